The highest BCUT2D eigenvalue weighted by atomic mass is 16.2. The van der Waals surface area contributed by atoms with Crippen molar-refractivity contribution >= 4 is 11.8 Å². The van der Waals surface area contributed by atoms with Crippen LogP contribution >= 0.6 is 0 Å². The minimum absolute atomic E-state index is 0.0211. The highest BCUT2D eigenvalue weighted by molar-refractivity contribution is 5.80. The van der Waals surface area contributed by atoms with Gasteiger partial charge in [0.15, 0.2) is 0 Å². The quantitative estimate of drug-likeness (QED) is 0.702. The van der Waals surface area contributed by atoms with E-state index in [2.05, 4.69) is 10.6 Å². The van der Waals surface area contributed by atoms with Gasteiger partial charge in [-0.3, -0.25) is 9.59 Å². The molecule has 0 aromatic rings. The molecule has 0 spiro atoms. The summed E-state index contributed by atoms with van der Waals surface area (Å²) < 4.78 is 0. The Labute approximate surface area is 103 Å². The molecule has 1 saturated heterocycles. The second-order valence-corrected chi connectivity index (χ2v) is 4.85. The van der Waals surface area contributed by atoms with Gasteiger partial charge in [-0.15, -0.1) is 0 Å². The molecule has 1 rings (SSSR count). The van der Waals surface area contributed by atoms with Crippen LogP contribution in [-0.4, -0.2) is 50.4 Å². The molecule has 1 aliphatic heterocycles. The lowest BCUT2D eigenvalue weighted by Crippen LogP contribution is -2.38. The molecule has 17 heavy (non-hydrogen) atoms. The van der Waals surface area contributed by atoms with Crippen LogP contribution in [0.5, 0.6) is 0 Å². The summed E-state index contributed by atoms with van der Waals surface area (Å²) in [7, 11) is 3.38. The van der Waals surface area contributed by atoms with Crippen molar-refractivity contribution in [2.75, 3.05) is 33.7 Å². The predicted molar refractivity (Wildman–Crippen MR) is 66.5 cm³/mol. The summed E-state index contributed by atoms with van der Waals surface area (Å²) in [6.07, 6.45) is 1.66. The zero-order valence-electron chi connectivity index (χ0n) is 11.0. The number of rotatable bonds is 5. The van der Waals surface area contributed by atoms with Gasteiger partial charge in [0.05, 0.1) is 5.92 Å². The number of nitrogens with zero attached hydrogens (tertiary/aromatic N) is 1. The molecule has 0 aromatic heterocycles. The van der Waals surface area contributed by atoms with Crippen LogP contribution in [0.4, 0.5) is 0 Å². The Hall–Kier alpha value is -1.10. The molecule has 98 valence electrons. The highest BCUT2D eigenvalue weighted by Crippen LogP contribution is 2.13. The molecule has 0 aliphatic carbocycles. The minimum Gasteiger partial charge on any atom is -0.359 e. The molecule has 0 saturated carbocycles. The maximum atomic E-state index is 11.9. The molecule has 5 heteroatoms. The molecule has 2 atom stereocenters. The largest absolute Gasteiger partial charge is 0.359 e. The van der Waals surface area contributed by atoms with Gasteiger partial charge in [-0.1, -0.05) is 6.92 Å². The number of amides is 2. The van der Waals surface area contributed by atoms with Crippen molar-refractivity contribution in [3.8, 4) is 0 Å². The molecule has 2 N–H and O–H groups in total. The molecule has 0 aromatic carbocycles. The number of carbonyl (C=O) groups excluding carboxylic acids is 2. The van der Waals surface area contributed by atoms with Crippen molar-refractivity contribution in [1.29, 1.82) is 0 Å². The molecule has 0 radical (unpaired) electrons. The van der Waals surface area contributed by atoms with Gasteiger partial charge in [0, 0.05) is 27.1 Å². The number of hydrogen-bond donors (Lipinski definition) is 2. The third kappa shape index (κ3) is 4.34. The fourth-order valence-corrected chi connectivity index (χ4v) is 2.13. The Balaban J connectivity index is 2.32. The van der Waals surface area contributed by atoms with E-state index in [0.29, 0.717) is 18.9 Å². The van der Waals surface area contributed by atoms with Gasteiger partial charge in [-0.05, 0) is 25.4 Å². The maximum Gasteiger partial charge on any atom is 0.224 e. The summed E-state index contributed by atoms with van der Waals surface area (Å²) in [5.41, 5.74) is 0. The Morgan fingerprint density at radius 1 is 1.53 bits per heavy atom. The van der Waals surface area contributed by atoms with Crippen LogP contribution in [0.1, 0.15) is 19.8 Å². The summed E-state index contributed by atoms with van der Waals surface area (Å²) in [5.74, 6) is 0.414. The van der Waals surface area contributed by atoms with E-state index in [0.717, 1.165) is 19.5 Å². The van der Waals surface area contributed by atoms with Crippen LogP contribution in [-0.2, 0) is 9.59 Å². The van der Waals surface area contributed by atoms with Crippen molar-refractivity contribution in [3.05, 3.63) is 0 Å². The second-order valence-electron chi connectivity index (χ2n) is 4.85. The van der Waals surface area contributed by atoms with Crippen molar-refractivity contribution < 1.29 is 9.59 Å². The van der Waals surface area contributed by atoms with Gasteiger partial charge in [0.25, 0.3) is 0 Å². The Kier molecular flexibility index (Phi) is 5.41. The van der Waals surface area contributed by atoms with Crippen molar-refractivity contribution in [2.24, 2.45) is 11.8 Å². The molecule has 1 aliphatic rings. The van der Waals surface area contributed by atoms with Gasteiger partial charge < -0.3 is 15.5 Å². The third-order valence-corrected chi connectivity index (χ3v) is 3.29. The maximum absolute atomic E-state index is 11.9. The lowest BCUT2D eigenvalue weighted by Gasteiger charge is -2.22. The number of hydrogen-bond acceptors (Lipinski definition) is 3. The molecule has 1 heterocycles. The molecule has 2 unspecified atom stereocenters. The Morgan fingerprint density at radius 3 is 2.76 bits per heavy atom. The fourth-order valence-electron chi connectivity index (χ4n) is 2.13. The van der Waals surface area contributed by atoms with Crippen LogP contribution in [0.2, 0.25) is 0 Å². The van der Waals surface area contributed by atoms with E-state index in [1.54, 1.807) is 19.0 Å². The van der Waals surface area contributed by atoms with Crippen LogP contribution in [0, 0.1) is 11.8 Å². The molecule has 5 nitrogen and oxygen atoms in total. The standard InChI is InChI=1S/C12H23N3O2/c1-9(12(17)13-2)8-15(3)11(16)6-10-4-5-14-7-10/h9-10,14H,4-8H2,1-3H3,(H,13,17). The van der Waals surface area contributed by atoms with E-state index >= 15 is 0 Å². The normalized spacial score (nSPS) is 21.0. The van der Waals surface area contributed by atoms with Crippen molar-refractivity contribution in [2.45, 2.75) is 19.8 Å². The average Bonchev–Trinajstić information content (AvgIpc) is 2.80. The fraction of sp³-hybridized carbons (Fsp3) is 0.833. The average molecular weight is 241 g/mol. The first kappa shape index (κ1) is 14.0. The van der Waals surface area contributed by atoms with E-state index in [9.17, 15) is 9.59 Å². The molecule has 2 amide bonds. The van der Waals surface area contributed by atoms with E-state index in [1.807, 2.05) is 6.92 Å². The van der Waals surface area contributed by atoms with Crippen LogP contribution < -0.4 is 10.6 Å². The van der Waals surface area contributed by atoms with Gasteiger partial charge >= 0.3 is 0 Å². The van der Waals surface area contributed by atoms with E-state index < -0.39 is 0 Å². The number of nitrogens with one attached hydrogen (secondary N) is 2. The van der Waals surface area contributed by atoms with Crippen molar-refractivity contribution in [3.63, 3.8) is 0 Å². The monoisotopic (exact) mass is 241 g/mol. The Bertz CT molecular complexity index is 275. The van der Waals surface area contributed by atoms with E-state index in [1.165, 1.54) is 0 Å². The molecular formula is C12H23N3O2. The summed E-state index contributed by atoms with van der Waals surface area (Å²) in [4.78, 5) is 24.9. The first-order valence-electron chi connectivity index (χ1n) is 6.20. The third-order valence-electron chi connectivity index (χ3n) is 3.29. The predicted octanol–water partition coefficient (Wildman–Crippen LogP) is -0.173. The van der Waals surface area contributed by atoms with Crippen LogP contribution in [0.15, 0.2) is 0 Å². The van der Waals surface area contributed by atoms with Crippen molar-refractivity contribution in [1.82, 2.24) is 15.5 Å². The minimum atomic E-state index is -0.157. The van der Waals surface area contributed by atoms with E-state index in [4.69, 9.17) is 0 Å². The lowest BCUT2D eigenvalue weighted by atomic mass is 10.0. The topological polar surface area (TPSA) is 61.4 Å². The molecular weight excluding hydrogens is 218 g/mol. The SMILES string of the molecule is CNC(=O)C(C)CN(C)C(=O)CC1CCNC1. The summed E-state index contributed by atoms with van der Waals surface area (Å²) in [6.45, 7) is 4.26. The van der Waals surface area contributed by atoms with Gasteiger partial charge in [0.1, 0.15) is 0 Å². The number of carbonyl (C=O) groups is 2. The molecule has 0 bridgehead atoms. The van der Waals surface area contributed by atoms with Gasteiger partial charge in [-0.2, -0.15) is 0 Å². The lowest BCUT2D eigenvalue weighted by molar-refractivity contribution is -0.132. The summed E-state index contributed by atoms with van der Waals surface area (Å²) >= 11 is 0. The van der Waals surface area contributed by atoms with Gasteiger partial charge in [0.2, 0.25) is 11.8 Å². The van der Waals surface area contributed by atoms with Crippen LogP contribution in [0.3, 0.4) is 0 Å². The zero-order chi connectivity index (χ0) is 12.8. The summed E-state index contributed by atoms with van der Waals surface area (Å²) in [5, 5.41) is 5.85. The first-order valence-corrected chi connectivity index (χ1v) is 6.20. The first-order chi connectivity index (χ1) is 8.04. The van der Waals surface area contributed by atoms with E-state index in [-0.39, 0.29) is 17.7 Å². The molecule has 1 fully saturated rings. The second kappa shape index (κ2) is 6.59. The highest BCUT2D eigenvalue weighted by Gasteiger charge is 2.22. The smallest absolute Gasteiger partial charge is 0.224 e. The Morgan fingerprint density at radius 2 is 2.24 bits per heavy atom. The van der Waals surface area contributed by atoms with Gasteiger partial charge in [-0.25, -0.2) is 0 Å². The zero-order valence-corrected chi connectivity index (χ0v) is 11.0. The summed E-state index contributed by atoms with van der Waals surface area (Å²) in [6, 6.07) is 0. The van der Waals surface area contributed by atoms with Crippen LogP contribution in [0.25, 0.3) is 0 Å².